The van der Waals surface area contributed by atoms with Crippen LogP contribution in [0.15, 0.2) is 42.5 Å². The zero-order valence-corrected chi connectivity index (χ0v) is 28.8. The van der Waals surface area contributed by atoms with Gasteiger partial charge >= 0.3 is 10.2 Å². The van der Waals surface area contributed by atoms with Crippen LogP contribution in [0.5, 0.6) is 5.75 Å². The molecule has 7 rings (SSSR count). The number of carbonyl (C=O) groups excluding carboxylic acids is 4. The zero-order valence-electron chi connectivity index (χ0n) is 28.0. The summed E-state index contributed by atoms with van der Waals surface area (Å²) < 4.78 is 75.3. The number of amides is 4. The van der Waals surface area contributed by atoms with E-state index >= 15 is 13.2 Å². The highest BCUT2D eigenvalue weighted by Gasteiger charge is 2.46. The van der Waals surface area contributed by atoms with Crippen molar-refractivity contribution in [3.8, 4) is 5.75 Å². The lowest BCUT2D eigenvalue weighted by molar-refractivity contribution is -0.134. The minimum absolute atomic E-state index is 0.0479. The summed E-state index contributed by atoms with van der Waals surface area (Å²) in [5.74, 6) is -9.11. The van der Waals surface area contributed by atoms with Crippen molar-refractivity contribution in [2.45, 2.75) is 56.9 Å². The van der Waals surface area contributed by atoms with Crippen molar-refractivity contribution in [3.05, 3.63) is 59.5 Å². The number of nitrogens with one attached hydrogen (secondary N) is 3. The Labute approximate surface area is 295 Å². The molecule has 3 aliphatic rings. The molecule has 14 nitrogen and oxygen atoms in total. The van der Waals surface area contributed by atoms with Crippen molar-refractivity contribution in [1.29, 1.82) is 0 Å². The number of imide groups is 1. The van der Waals surface area contributed by atoms with Crippen molar-refractivity contribution in [2.75, 3.05) is 35.8 Å². The number of aromatic nitrogens is 2. The summed E-state index contributed by atoms with van der Waals surface area (Å²) in [6, 6.07) is 9.90. The van der Waals surface area contributed by atoms with E-state index in [0.717, 1.165) is 6.07 Å². The Morgan fingerprint density at radius 3 is 2.50 bits per heavy atom. The molecular weight excluding hydrogens is 707 g/mol. The molecule has 0 bridgehead atoms. The van der Waals surface area contributed by atoms with E-state index in [1.54, 1.807) is 27.6 Å². The molecule has 3 aliphatic heterocycles. The number of carbonyl (C=O) groups is 4. The van der Waals surface area contributed by atoms with E-state index in [1.165, 1.54) is 23.1 Å². The number of alkyl halides is 2. The number of nitrogens with zero attached hydrogens (tertiary/aromatic N) is 4. The zero-order chi connectivity index (χ0) is 37.3. The lowest BCUT2D eigenvalue weighted by Crippen LogP contribution is -2.49. The standard InChI is InChI=1S/C34H34F3N7O7S/c1-17(2)44-25-12-18(3-5-22(25)31(40-44)23-7-8-27(46)39-33(23)49)24-9-10-42(16-34(24,36)37)14-28(47)38-20-4-6-21-19(11-20)13-26(45)32(30(21)35)43-15-29(48)41-52(43,50)51/h3-6,11-13,17,23-24,45H,7-10,14-16H2,1-2H3,(H,38,47)(H,41,48)(H,39,46,49). The lowest BCUT2D eigenvalue weighted by atomic mass is 9.85. The number of fused-ring (bicyclic) bond motifs is 2. The summed E-state index contributed by atoms with van der Waals surface area (Å²) in [6.07, 6.45) is 0.533. The van der Waals surface area contributed by atoms with Gasteiger partial charge in [-0.1, -0.05) is 12.1 Å². The Morgan fingerprint density at radius 1 is 1.08 bits per heavy atom. The summed E-state index contributed by atoms with van der Waals surface area (Å²) in [7, 11) is -4.39. The fourth-order valence-electron chi connectivity index (χ4n) is 7.26. The molecule has 2 atom stereocenters. The smallest absolute Gasteiger partial charge is 0.326 e. The van der Waals surface area contributed by atoms with Gasteiger partial charge in [-0.05, 0) is 74.5 Å². The van der Waals surface area contributed by atoms with E-state index in [-0.39, 0.29) is 54.3 Å². The molecule has 0 spiro atoms. The maximum Gasteiger partial charge on any atom is 0.326 e. The fraction of sp³-hybridized carbons (Fsp3) is 0.382. The van der Waals surface area contributed by atoms with Crippen LogP contribution in [0.2, 0.25) is 0 Å². The molecule has 2 unspecified atom stereocenters. The number of phenolic OH excluding ortho intramolecular Hbond substituents is 1. The van der Waals surface area contributed by atoms with Crippen LogP contribution >= 0.6 is 0 Å². The number of hydrogen-bond donors (Lipinski definition) is 4. The number of halogens is 3. The minimum atomic E-state index is -4.39. The molecule has 4 heterocycles. The third-order valence-electron chi connectivity index (χ3n) is 9.65. The number of likely N-dealkylation sites (tertiary alicyclic amines) is 1. The molecule has 4 amide bonds. The van der Waals surface area contributed by atoms with Gasteiger partial charge in [-0.15, -0.1) is 0 Å². The first-order valence-corrected chi connectivity index (χ1v) is 18.0. The predicted molar refractivity (Wildman–Crippen MR) is 183 cm³/mol. The maximum absolute atomic E-state index is 15.8. The summed E-state index contributed by atoms with van der Waals surface area (Å²) in [5, 5.41) is 20.8. The molecule has 274 valence electrons. The van der Waals surface area contributed by atoms with Crippen LogP contribution in [0.25, 0.3) is 21.7 Å². The third kappa shape index (κ3) is 6.29. The van der Waals surface area contributed by atoms with Crippen molar-refractivity contribution in [2.24, 2.45) is 0 Å². The molecule has 3 fully saturated rings. The number of hydrogen-bond acceptors (Lipinski definition) is 9. The molecule has 52 heavy (non-hydrogen) atoms. The Kier molecular flexibility index (Phi) is 8.64. The van der Waals surface area contributed by atoms with Gasteiger partial charge in [0.1, 0.15) is 18.0 Å². The van der Waals surface area contributed by atoms with Crippen molar-refractivity contribution < 1.29 is 45.9 Å². The first-order valence-electron chi connectivity index (χ1n) is 16.6. The summed E-state index contributed by atoms with van der Waals surface area (Å²) in [5.41, 5.74) is 0.993. The van der Waals surface area contributed by atoms with Crippen LogP contribution in [0.1, 0.15) is 62.2 Å². The third-order valence-corrected chi connectivity index (χ3v) is 11.0. The van der Waals surface area contributed by atoms with Gasteiger partial charge in [0, 0.05) is 28.9 Å². The van der Waals surface area contributed by atoms with Gasteiger partial charge in [0.2, 0.25) is 17.7 Å². The molecule has 4 N–H and O–H groups in total. The Morgan fingerprint density at radius 2 is 1.83 bits per heavy atom. The highest BCUT2D eigenvalue weighted by Crippen LogP contribution is 2.43. The monoisotopic (exact) mass is 741 g/mol. The molecule has 4 aromatic rings. The van der Waals surface area contributed by atoms with Gasteiger partial charge < -0.3 is 10.4 Å². The topological polar surface area (TPSA) is 183 Å². The highest BCUT2D eigenvalue weighted by atomic mass is 32.2. The highest BCUT2D eigenvalue weighted by molar-refractivity contribution is 7.92. The second-order valence-corrected chi connectivity index (χ2v) is 15.2. The molecular formula is C34H34F3N7O7S. The van der Waals surface area contributed by atoms with E-state index in [4.69, 9.17) is 0 Å². The molecule has 1 aromatic heterocycles. The van der Waals surface area contributed by atoms with E-state index in [1.807, 2.05) is 13.8 Å². The number of aromatic hydroxyl groups is 1. The number of phenols is 1. The summed E-state index contributed by atoms with van der Waals surface area (Å²) in [4.78, 5) is 50.3. The summed E-state index contributed by atoms with van der Waals surface area (Å²) >= 11 is 0. The van der Waals surface area contributed by atoms with Gasteiger partial charge in [-0.2, -0.15) is 13.5 Å². The van der Waals surface area contributed by atoms with E-state index < -0.39 is 76.0 Å². The fourth-order valence-corrected chi connectivity index (χ4v) is 8.42. The molecule has 18 heteroatoms. The maximum atomic E-state index is 15.8. The van der Waals surface area contributed by atoms with E-state index in [0.29, 0.717) is 32.9 Å². The van der Waals surface area contributed by atoms with E-state index in [2.05, 4.69) is 15.7 Å². The van der Waals surface area contributed by atoms with Crippen LogP contribution in [0.4, 0.5) is 24.5 Å². The first kappa shape index (κ1) is 35.2. The Balaban J connectivity index is 1.04. The number of rotatable bonds is 7. The first-order chi connectivity index (χ1) is 24.5. The number of anilines is 2. The van der Waals surface area contributed by atoms with Gasteiger partial charge in [0.15, 0.2) is 5.82 Å². The molecule has 0 saturated carbocycles. The number of piperidine rings is 2. The molecule has 3 aromatic carbocycles. The largest absolute Gasteiger partial charge is 0.506 e. The van der Waals surface area contributed by atoms with Crippen LogP contribution in [-0.2, 0) is 29.4 Å². The predicted octanol–water partition coefficient (Wildman–Crippen LogP) is 3.38. The second-order valence-electron chi connectivity index (χ2n) is 13.6. The lowest BCUT2D eigenvalue weighted by Gasteiger charge is -2.38. The second kappa shape index (κ2) is 12.8. The minimum Gasteiger partial charge on any atom is -0.506 e. The average Bonchev–Trinajstić information content (AvgIpc) is 3.55. The normalized spacial score (nSPS) is 21.9. The summed E-state index contributed by atoms with van der Waals surface area (Å²) in [6.45, 7) is 2.22. The van der Waals surface area contributed by atoms with Gasteiger partial charge in [-0.3, -0.25) is 34.1 Å². The van der Waals surface area contributed by atoms with Crippen molar-refractivity contribution >= 4 is 66.9 Å². The van der Waals surface area contributed by atoms with Crippen LogP contribution in [0.3, 0.4) is 0 Å². The van der Waals surface area contributed by atoms with Gasteiger partial charge in [0.25, 0.3) is 11.8 Å². The van der Waals surface area contributed by atoms with Gasteiger partial charge in [-0.25, -0.2) is 22.2 Å². The van der Waals surface area contributed by atoms with Crippen molar-refractivity contribution in [3.63, 3.8) is 0 Å². The van der Waals surface area contributed by atoms with Gasteiger partial charge in [0.05, 0.1) is 36.1 Å². The molecule has 0 aliphatic carbocycles. The average molecular weight is 742 g/mol. The molecule has 3 saturated heterocycles. The molecule has 0 radical (unpaired) electrons. The van der Waals surface area contributed by atoms with Crippen LogP contribution in [0, 0.1) is 5.82 Å². The van der Waals surface area contributed by atoms with Crippen LogP contribution in [-0.4, -0.2) is 83.9 Å². The number of benzene rings is 3. The quantitative estimate of drug-likeness (QED) is 0.207. The van der Waals surface area contributed by atoms with Crippen molar-refractivity contribution in [1.82, 2.24) is 24.7 Å². The SMILES string of the molecule is CC(C)n1nc(C2CCC(=O)NC2=O)c2ccc(C3CCN(CC(=O)Nc4ccc5c(F)c(N6CC(=O)NS6(=O)=O)c(O)cc5c4)CC3(F)F)cc21. The Bertz CT molecular complexity index is 2300. The van der Waals surface area contributed by atoms with Crippen LogP contribution < -0.4 is 19.7 Å². The Hall–Kier alpha value is -5.23. The van der Waals surface area contributed by atoms with E-state index in [9.17, 15) is 32.7 Å².